The van der Waals surface area contributed by atoms with Crippen LogP contribution in [0.2, 0.25) is 0 Å². The molecule has 0 aromatic rings. The van der Waals surface area contributed by atoms with Gasteiger partial charge in [0.15, 0.2) is 0 Å². The van der Waals surface area contributed by atoms with Gasteiger partial charge < -0.3 is 19.9 Å². The van der Waals surface area contributed by atoms with Gasteiger partial charge in [-0.2, -0.15) is 0 Å². The van der Waals surface area contributed by atoms with Crippen LogP contribution in [0.5, 0.6) is 0 Å². The van der Waals surface area contributed by atoms with E-state index in [0.717, 1.165) is 45.2 Å². The van der Waals surface area contributed by atoms with Crippen molar-refractivity contribution in [2.75, 3.05) is 26.2 Å². The summed E-state index contributed by atoms with van der Waals surface area (Å²) < 4.78 is 0. The van der Waals surface area contributed by atoms with Gasteiger partial charge >= 0.3 is 0 Å². The average Bonchev–Trinajstić information content (AvgIpc) is 2.95. The first-order valence-corrected chi connectivity index (χ1v) is 18.1. The van der Waals surface area contributed by atoms with E-state index in [9.17, 15) is 15.0 Å². The maximum Gasteiger partial charge on any atom is 0.119 e. The number of hydrogen-bond acceptors (Lipinski definition) is 4. The first-order valence-electron chi connectivity index (χ1n) is 18.1. The van der Waals surface area contributed by atoms with Crippen molar-refractivity contribution in [2.24, 2.45) is 5.92 Å². The minimum Gasteiger partial charge on any atom is -0.396 e. The van der Waals surface area contributed by atoms with Crippen molar-refractivity contribution in [1.82, 2.24) is 4.90 Å². The summed E-state index contributed by atoms with van der Waals surface area (Å²) in [4.78, 5) is 12.8. The van der Waals surface area contributed by atoms with Crippen LogP contribution in [0.15, 0.2) is 0 Å². The monoisotopic (exact) mass is 568 g/mol. The molecule has 0 aliphatic heterocycles. The predicted octanol–water partition coefficient (Wildman–Crippen LogP) is 10.0. The van der Waals surface area contributed by atoms with Crippen LogP contribution in [-0.4, -0.2) is 53.7 Å². The lowest BCUT2D eigenvalue weighted by Crippen LogP contribution is -2.35. The van der Waals surface area contributed by atoms with Crippen LogP contribution in [0, 0.1) is 5.92 Å². The van der Waals surface area contributed by atoms with Gasteiger partial charge in [-0.25, -0.2) is 0 Å². The molecule has 0 saturated heterocycles. The summed E-state index contributed by atoms with van der Waals surface area (Å²) in [6, 6.07) is 0. The van der Waals surface area contributed by atoms with Gasteiger partial charge in [0, 0.05) is 26.1 Å². The van der Waals surface area contributed by atoms with Crippen LogP contribution in [0.1, 0.15) is 187 Å². The third kappa shape index (κ3) is 29.1. The van der Waals surface area contributed by atoms with E-state index >= 15 is 0 Å². The lowest BCUT2D eigenvalue weighted by atomic mass is 9.89. The molecule has 40 heavy (non-hydrogen) atoms. The molecular formula is C36H73NO3. The summed E-state index contributed by atoms with van der Waals surface area (Å²) >= 11 is 0. The largest absolute Gasteiger partial charge is 0.396 e. The van der Waals surface area contributed by atoms with Crippen molar-refractivity contribution >= 4 is 6.29 Å². The van der Waals surface area contributed by atoms with Gasteiger partial charge in [-0.1, -0.05) is 155 Å². The highest BCUT2D eigenvalue weighted by Gasteiger charge is 2.17. The molecule has 4 heteroatoms. The molecule has 0 saturated carbocycles. The minimum atomic E-state index is -0.246. The standard InChI is InChI=1S/C36H73NO3/c1-3-5-7-9-11-15-19-23-28-35(27-22-18-10-8-6-4-2)33-36(40)34-37(30-26-32-39)29-24-20-16-13-12-14-17-21-25-31-38/h31,35-36,39-40H,3-30,32-34H2,1-2H3. The highest BCUT2D eigenvalue weighted by Crippen LogP contribution is 2.24. The van der Waals surface area contributed by atoms with Crippen molar-refractivity contribution in [2.45, 2.75) is 193 Å². The van der Waals surface area contributed by atoms with Gasteiger partial charge in [0.05, 0.1) is 6.10 Å². The SMILES string of the molecule is CCCCCCCCCCC(CCCCCCCC)CC(O)CN(CCCO)CCCCCCCCCCC=O. The highest BCUT2D eigenvalue weighted by atomic mass is 16.3. The molecule has 0 rings (SSSR count). The van der Waals surface area contributed by atoms with E-state index in [2.05, 4.69) is 18.7 Å². The summed E-state index contributed by atoms with van der Waals surface area (Å²) in [5.41, 5.74) is 0. The van der Waals surface area contributed by atoms with Gasteiger partial charge in [-0.05, 0) is 38.1 Å². The van der Waals surface area contributed by atoms with E-state index in [1.807, 2.05) is 0 Å². The fourth-order valence-corrected chi connectivity index (χ4v) is 6.13. The van der Waals surface area contributed by atoms with E-state index in [4.69, 9.17) is 0 Å². The van der Waals surface area contributed by atoms with Crippen LogP contribution in [-0.2, 0) is 4.79 Å². The van der Waals surface area contributed by atoms with E-state index in [1.165, 1.54) is 148 Å². The molecule has 0 amide bonds. The number of nitrogens with zero attached hydrogens (tertiary/aromatic N) is 1. The number of carbonyl (C=O) groups excluding carboxylic acids is 1. The quantitative estimate of drug-likeness (QED) is 0.0600. The molecule has 0 bridgehead atoms. The summed E-state index contributed by atoms with van der Waals surface area (Å²) in [5.74, 6) is 0.660. The molecule has 0 aromatic carbocycles. The van der Waals surface area contributed by atoms with E-state index in [0.29, 0.717) is 12.3 Å². The van der Waals surface area contributed by atoms with Crippen LogP contribution in [0.4, 0.5) is 0 Å². The number of carbonyl (C=O) groups is 1. The van der Waals surface area contributed by atoms with Gasteiger partial charge in [0.1, 0.15) is 6.29 Å². The van der Waals surface area contributed by atoms with Gasteiger partial charge in [0.2, 0.25) is 0 Å². The van der Waals surface area contributed by atoms with E-state index in [1.54, 1.807) is 0 Å². The van der Waals surface area contributed by atoms with Crippen molar-refractivity contribution in [1.29, 1.82) is 0 Å². The fourth-order valence-electron chi connectivity index (χ4n) is 6.13. The first kappa shape index (κ1) is 39.5. The lowest BCUT2D eigenvalue weighted by molar-refractivity contribution is -0.107. The molecule has 0 radical (unpaired) electrons. The topological polar surface area (TPSA) is 60.8 Å². The van der Waals surface area contributed by atoms with Crippen LogP contribution in [0.25, 0.3) is 0 Å². The van der Waals surface area contributed by atoms with Crippen molar-refractivity contribution in [3.05, 3.63) is 0 Å². The maximum absolute atomic E-state index is 11.1. The number of aldehydes is 1. The Labute approximate surface area is 251 Å². The molecule has 0 aliphatic carbocycles. The molecule has 2 atom stereocenters. The first-order chi connectivity index (χ1) is 19.7. The van der Waals surface area contributed by atoms with Gasteiger partial charge in [0.25, 0.3) is 0 Å². The molecule has 2 unspecified atom stereocenters. The molecule has 0 aromatic heterocycles. The Hall–Kier alpha value is -0.450. The second kappa shape index (κ2) is 33.1. The number of aliphatic hydroxyl groups excluding tert-OH is 2. The second-order valence-electron chi connectivity index (χ2n) is 12.7. The highest BCUT2D eigenvalue weighted by molar-refractivity contribution is 5.48. The van der Waals surface area contributed by atoms with Crippen LogP contribution in [0.3, 0.4) is 0 Å². The van der Waals surface area contributed by atoms with Gasteiger partial charge in [-0.15, -0.1) is 0 Å². The molecule has 0 aliphatic rings. The molecule has 0 fully saturated rings. The van der Waals surface area contributed by atoms with Crippen molar-refractivity contribution < 1.29 is 15.0 Å². The molecule has 0 heterocycles. The number of rotatable bonds is 34. The molecule has 4 nitrogen and oxygen atoms in total. The summed E-state index contributed by atoms with van der Waals surface area (Å²) in [5, 5.41) is 20.5. The Kier molecular flexibility index (Phi) is 32.7. The number of aliphatic hydroxyl groups is 2. The predicted molar refractivity (Wildman–Crippen MR) is 175 cm³/mol. The molecule has 0 spiro atoms. The Morgan fingerprint density at radius 1 is 0.575 bits per heavy atom. The summed E-state index contributed by atoms with van der Waals surface area (Å²) in [6.45, 7) is 7.50. The van der Waals surface area contributed by atoms with E-state index in [-0.39, 0.29) is 12.7 Å². The van der Waals surface area contributed by atoms with Crippen molar-refractivity contribution in [3.63, 3.8) is 0 Å². The van der Waals surface area contributed by atoms with Gasteiger partial charge in [-0.3, -0.25) is 0 Å². The Bertz CT molecular complexity index is 487. The summed E-state index contributed by atoms with van der Waals surface area (Å²) in [6.07, 6.45) is 34.7. The Balaban J connectivity index is 4.41. The van der Waals surface area contributed by atoms with Crippen molar-refractivity contribution in [3.8, 4) is 0 Å². The second-order valence-corrected chi connectivity index (χ2v) is 12.7. The van der Waals surface area contributed by atoms with Crippen LogP contribution < -0.4 is 0 Å². The maximum atomic E-state index is 11.1. The normalized spacial score (nSPS) is 13.2. The minimum absolute atomic E-state index is 0.232. The summed E-state index contributed by atoms with van der Waals surface area (Å²) in [7, 11) is 0. The molecule has 240 valence electrons. The fraction of sp³-hybridized carbons (Fsp3) is 0.972. The lowest BCUT2D eigenvalue weighted by Gasteiger charge is -2.27. The zero-order valence-electron chi connectivity index (χ0n) is 27.4. The van der Waals surface area contributed by atoms with E-state index < -0.39 is 0 Å². The zero-order valence-corrected chi connectivity index (χ0v) is 27.4. The third-order valence-corrected chi connectivity index (χ3v) is 8.68. The number of hydrogen-bond donors (Lipinski definition) is 2. The molecule has 2 N–H and O–H groups in total. The Morgan fingerprint density at radius 2 is 1.00 bits per heavy atom. The smallest absolute Gasteiger partial charge is 0.119 e. The molecular weight excluding hydrogens is 494 g/mol. The average molecular weight is 568 g/mol. The third-order valence-electron chi connectivity index (χ3n) is 8.68. The Morgan fingerprint density at radius 3 is 1.48 bits per heavy atom. The van der Waals surface area contributed by atoms with Crippen LogP contribution >= 0.6 is 0 Å². The number of unbranched alkanes of at least 4 members (excludes halogenated alkanes) is 20. The zero-order chi connectivity index (χ0) is 29.4.